The third-order valence-electron chi connectivity index (χ3n) is 2.96. The topological polar surface area (TPSA) is 3.24 Å². The van der Waals surface area contributed by atoms with Crippen molar-refractivity contribution >= 4 is 0 Å². The summed E-state index contributed by atoms with van der Waals surface area (Å²) in [5, 5.41) is 0. The number of piperidine rings is 1. The summed E-state index contributed by atoms with van der Waals surface area (Å²) >= 11 is 0. The molecule has 1 fully saturated rings. The van der Waals surface area contributed by atoms with Gasteiger partial charge >= 0.3 is 0 Å². The summed E-state index contributed by atoms with van der Waals surface area (Å²) in [6.07, 6.45) is 9.88. The molecule has 0 N–H and O–H groups in total. The molecule has 17 heavy (non-hydrogen) atoms. The number of nitrogens with zero attached hydrogens (tertiary/aromatic N) is 1. The van der Waals surface area contributed by atoms with Gasteiger partial charge in [0.05, 0.1) is 0 Å². The van der Waals surface area contributed by atoms with Gasteiger partial charge in [0, 0.05) is 0 Å². The number of likely N-dealkylation sites (tertiary alicyclic amines) is 1. The smallest absolute Gasteiger partial charge is 0.00218 e. The van der Waals surface area contributed by atoms with Gasteiger partial charge in [0.25, 0.3) is 0 Å². The van der Waals surface area contributed by atoms with Crippen molar-refractivity contribution in [2.24, 2.45) is 5.92 Å². The number of hydrogen-bond donors (Lipinski definition) is 0. The Morgan fingerprint density at radius 2 is 1.47 bits per heavy atom. The fraction of sp³-hybridized carbons (Fsp3) is 1.00. The van der Waals surface area contributed by atoms with Crippen molar-refractivity contribution in [2.45, 2.75) is 79.6 Å². The standard InChI is InChI=1S/C8H18.C6H13N.C2H6/c1-4-5-6-7-8(2)3;1-7-5-3-2-4-6-7;1-2/h8H,4-7H2,1-3H3;2-6H2,1H3;1-2H3. The van der Waals surface area contributed by atoms with Gasteiger partial charge in [-0.2, -0.15) is 0 Å². The van der Waals surface area contributed by atoms with Crippen LogP contribution in [0.1, 0.15) is 79.6 Å². The molecule has 1 nitrogen and oxygen atoms in total. The summed E-state index contributed by atoms with van der Waals surface area (Å²) < 4.78 is 0. The fourth-order valence-electron chi connectivity index (χ4n) is 1.85. The monoisotopic (exact) mass is 243 g/mol. The molecular weight excluding hydrogens is 206 g/mol. The van der Waals surface area contributed by atoms with Crippen molar-refractivity contribution in [3.05, 3.63) is 0 Å². The van der Waals surface area contributed by atoms with Gasteiger partial charge in [0.2, 0.25) is 0 Å². The molecule has 0 bridgehead atoms. The van der Waals surface area contributed by atoms with Crippen LogP contribution >= 0.6 is 0 Å². The molecule has 0 saturated carbocycles. The molecule has 0 aromatic heterocycles. The fourth-order valence-corrected chi connectivity index (χ4v) is 1.85. The molecule has 1 heterocycles. The molecule has 0 unspecified atom stereocenters. The van der Waals surface area contributed by atoms with Crippen LogP contribution in [0.4, 0.5) is 0 Å². The third kappa shape index (κ3) is 18.5. The minimum Gasteiger partial charge on any atom is -0.306 e. The highest BCUT2D eigenvalue weighted by molar-refractivity contribution is 4.58. The van der Waals surface area contributed by atoms with E-state index in [-0.39, 0.29) is 0 Å². The highest BCUT2D eigenvalue weighted by Gasteiger charge is 2.02. The Morgan fingerprint density at radius 1 is 0.941 bits per heavy atom. The van der Waals surface area contributed by atoms with Crippen molar-refractivity contribution in [3.63, 3.8) is 0 Å². The van der Waals surface area contributed by atoms with E-state index in [1.54, 1.807) is 0 Å². The molecule has 0 amide bonds. The molecule has 1 saturated heterocycles. The molecule has 1 aliphatic rings. The minimum absolute atomic E-state index is 0.904. The Morgan fingerprint density at radius 3 is 1.76 bits per heavy atom. The van der Waals surface area contributed by atoms with Gasteiger partial charge in [-0.15, -0.1) is 0 Å². The van der Waals surface area contributed by atoms with Gasteiger partial charge < -0.3 is 4.90 Å². The van der Waals surface area contributed by atoms with E-state index in [0.29, 0.717) is 0 Å². The molecule has 0 radical (unpaired) electrons. The van der Waals surface area contributed by atoms with Crippen molar-refractivity contribution in [1.29, 1.82) is 0 Å². The molecule has 0 atom stereocenters. The largest absolute Gasteiger partial charge is 0.306 e. The summed E-state index contributed by atoms with van der Waals surface area (Å²) in [5.41, 5.74) is 0. The molecular formula is C16H37N. The lowest BCUT2D eigenvalue weighted by atomic mass is 10.1. The third-order valence-corrected chi connectivity index (χ3v) is 2.96. The second kappa shape index (κ2) is 16.0. The van der Waals surface area contributed by atoms with E-state index in [9.17, 15) is 0 Å². The zero-order valence-electron chi connectivity index (χ0n) is 13.4. The Labute approximate surface area is 111 Å². The van der Waals surface area contributed by atoms with Crippen LogP contribution in [-0.2, 0) is 0 Å². The van der Waals surface area contributed by atoms with E-state index in [2.05, 4.69) is 32.7 Å². The highest BCUT2D eigenvalue weighted by atomic mass is 15.1. The minimum atomic E-state index is 0.904. The van der Waals surface area contributed by atoms with Gasteiger partial charge in [-0.3, -0.25) is 0 Å². The summed E-state index contributed by atoms with van der Waals surface area (Å²) in [7, 11) is 2.19. The van der Waals surface area contributed by atoms with Gasteiger partial charge in [-0.1, -0.05) is 66.7 Å². The zero-order chi connectivity index (χ0) is 13.5. The van der Waals surface area contributed by atoms with Crippen molar-refractivity contribution in [1.82, 2.24) is 4.90 Å². The number of unbranched alkanes of at least 4 members (excludes halogenated alkanes) is 2. The van der Waals surface area contributed by atoms with Crippen LogP contribution < -0.4 is 0 Å². The SMILES string of the molecule is CC.CCCCCC(C)C.CN1CCCCC1. The average Bonchev–Trinajstić information content (AvgIpc) is 2.33. The quantitative estimate of drug-likeness (QED) is 0.602. The number of rotatable bonds is 4. The first-order valence-corrected chi connectivity index (χ1v) is 7.85. The van der Waals surface area contributed by atoms with Crippen LogP contribution in [0.2, 0.25) is 0 Å². The van der Waals surface area contributed by atoms with Crippen LogP contribution in [0.25, 0.3) is 0 Å². The van der Waals surface area contributed by atoms with Gasteiger partial charge in [-0.25, -0.2) is 0 Å². The molecule has 1 heteroatoms. The summed E-state index contributed by atoms with van der Waals surface area (Å²) in [6, 6.07) is 0. The van der Waals surface area contributed by atoms with Crippen LogP contribution in [0.5, 0.6) is 0 Å². The summed E-state index contributed by atoms with van der Waals surface area (Å²) in [4.78, 5) is 2.39. The van der Waals surface area contributed by atoms with E-state index >= 15 is 0 Å². The van der Waals surface area contributed by atoms with Gasteiger partial charge in [0.1, 0.15) is 0 Å². The lowest BCUT2D eigenvalue weighted by Crippen LogP contribution is -2.24. The predicted octanol–water partition coefficient (Wildman–Crippen LogP) is 5.35. The van der Waals surface area contributed by atoms with Crippen molar-refractivity contribution < 1.29 is 0 Å². The van der Waals surface area contributed by atoms with Crippen molar-refractivity contribution in [3.8, 4) is 0 Å². The maximum Gasteiger partial charge on any atom is -0.00218 e. The predicted molar refractivity (Wildman–Crippen MR) is 81.7 cm³/mol. The second-order valence-corrected chi connectivity index (χ2v) is 5.25. The molecule has 0 spiro atoms. The van der Waals surface area contributed by atoms with E-state index in [4.69, 9.17) is 0 Å². The Balaban J connectivity index is 0. The van der Waals surface area contributed by atoms with Crippen LogP contribution in [0.15, 0.2) is 0 Å². The highest BCUT2D eigenvalue weighted by Crippen LogP contribution is 2.06. The molecule has 1 rings (SSSR count). The molecule has 0 aromatic carbocycles. The Bertz CT molecular complexity index is 115. The number of hydrogen-bond acceptors (Lipinski definition) is 1. The van der Waals surface area contributed by atoms with E-state index in [1.165, 1.54) is 58.0 Å². The van der Waals surface area contributed by atoms with E-state index in [1.807, 2.05) is 13.8 Å². The van der Waals surface area contributed by atoms with Gasteiger partial charge in [0.15, 0.2) is 0 Å². The average molecular weight is 243 g/mol. The first-order valence-electron chi connectivity index (χ1n) is 7.85. The maximum absolute atomic E-state index is 2.39. The van der Waals surface area contributed by atoms with Crippen molar-refractivity contribution in [2.75, 3.05) is 20.1 Å². The Hall–Kier alpha value is -0.0400. The molecule has 0 aliphatic carbocycles. The lowest BCUT2D eigenvalue weighted by Gasteiger charge is -2.20. The normalized spacial score (nSPS) is 15.7. The van der Waals surface area contributed by atoms with E-state index < -0.39 is 0 Å². The molecule has 1 aliphatic heterocycles. The van der Waals surface area contributed by atoms with E-state index in [0.717, 1.165) is 5.92 Å². The Kier molecular flexibility index (Phi) is 18.1. The summed E-state index contributed by atoms with van der Waals surface area (Å²) in [6.45, 7) is 13.5. The van der Waals surface area contributed by atoms with Crippen LogP contribution in [0, 0.1) is 5.92 Å². The first kappa shape index (κ1) is 19.3. The van der Waals surface area contributed by atoms with Crippen LogP contribution in [0.3, 0.4) is 0 Å². The second-order valence-electron chi connectivity index (χ2n) is 5.25. The zero-order valence-corrected chi connectivity index (χ0v) is 13.4. The van der Waals surface area contributed by atoms with Crippen LogP contribution in [-0.4, -0.2) is 25.0 Å². The molecule has 0 aromatic rings. The first-order chi connectivity index (χ1) is 8.16. The summed E-state index contributed by atoms with van der Waals surface area (Å²) in [5.74, 6) is 0.904. The maximum atomic E-state index is 2.39. The molecule has 106 valence electrons. The van der Waals surface area contributed by atoms with Gasteiger partial charge in [-0.05, 0) is 38.9 Å². The lowest BCUT2D eigenvalue weighted by molar-refractivity contribution is 0.277.